The molecule has 2 aromatic rings. The normalized spacial score (nSPS) is 11.5. The number of hydrogen-bond acceptors (Lipinski definition) is 4. The number of phenols is 1. The molecule has 0 unspecified atom stereocenters. The molecule has 0 amide bonds. The zero-order valence-electron chi connectivity index (χ0n) is 11.5. The zero-order chi connectivity index (χ0) is 15.6. The smallest absolute Gasteiger partial charge is 0.312 e. The largest absolute Gasteiger partial charge is 0.502 e. The number of benzene rings is 2. The zero-order valence-corrected chi connectivity index (χ0v) is 12.3. The molecule has 0 radical (unpaired) electrons. The molecule has 0 spiro atoms. The van der Waals surface area contributed by atoms with Crippen molar-refractivity contribution in [2.45, 2.75) is 13.8 Å². The summed E-state index contributed by atoms with van der Waals surface area (Å²) in [6.45, 7) is 3.63. The van der Waals surface area contributed by atoms with Crippen molar-refractivity contribution in [1.82, 2.24) is 0 Å². The van der Waals surface area contributed by atoms with Gasteiger partial charge in [0.1, 0.15) is 0 Å². The lowest BCUT2D eigenvalue weighted by atomic mass is 10.1. The van der Waals surface area contributed by atoms with Gasteiger partial charge in [-0.25, -0.2) is 0 Å². The van der Waals surface area contributed by atoms with E-state index in [0.717, 1.165) is 11.6 Å². The van der Waals surface area contributed by atoms with Crippen LogP contribution in [-0.4, -0.2) is 15.7 Å². The molecule has 0 aromatic heterocycles. The van der Waals surface area contributed by atoms with E-state index in [9.17, 15) is 15.2 Å². The van der Waals surface area contributed by atoms with Crippen LogP contribution in [0.2, 0.25) is 5.02 Å². The lowest BCUT2D eigenvalue weighted by Crippen LogP contribution is -1.98. The van der Waals surface area contributed by atoms with Crippen molar-refractivity contribution in [2.24, 2.45) is 4.99 Å². The fourth-order valence-electron chi connectivity index (χ4n) is 1.87. The van der Waals surface area contributed by atoms with Gasteiger partial charge >= 0.3 is 5.69 Å². The first-order valence-corrected chi connectivity index (χ1v) is 6.55. The monoisotopic (exact) mass is 304 g/mol. The van der Waals surface area contributed by atoms with Gasteiger partial charge in [-0.1, -0.05) is 29.3 Å². The van der Waals surface area contributed by atoms with Crippen LogP contribution in [0, 0.1) is 17.0 Å². The van der Waals surface area contributed by atoms with Crippen LogP contribution in [0.1, 0.15) is 18.1 Å². The van der Waals surface area contributed by atoms with E-state index in [2.05, 4.69) is 4.99 Å². The summed E-state index contributed by atoms with van der Waals surface area (Å²) in [4.78, 5) is 14.6. The van der Waals surface area contributed by atoms with E-state index in [-0.39, 0.29) is 10.6 Å². The first-order valence-electron chi connectivity index (χ1n) is 6.17. The molecule has 5 nitrogen and oxygen atoms in total. The van der Waals surface area contributed by atoms with Crippen molar-refractivity contribution < 1.29 is 10.0 Å². The molecule has 0 atom stereocenters. The quantitative estimate of drug-likeness (QED) is 0.518. The van der Waals surface area contributed by atoms with Gasteiger partial charge in [0.25, 0.3) is 0 Å². The maximum absolute atomic E-state index is 10.9. The average molecular weight is 305 g/mol. The lowest BCUT2D eigenvalue weighted by Gasteiger charge is -2.06. The van der Waals surface area contributed by atoms with E-state index in [0.29, 0.717) is 11.4 Å². The third-order valence-corrected chi connectivity index (χ3v) is 3.19. The van der Waals surface area contributed by atoms with Crippen LogP contribution >= 0.6 is 11.6 Å². The van der Waals surface area contributed by atoms with Gasteiger partial charge < -0.3 is 5.11 Å². The minimum atomic E-state index is -0.677. The Morgan fingerprint density at radius 2 is 1.90 bits per heavy atom. The highest BCUT2D eigenvalue weighted by Gasteiger charge is 2.20. The van der Waals surface area contributed by atoms with Crippen molar-refractivity contribution in [3.05, 3.63) is 62.7 Å². The third kappa shape index (κ3) is 3.38. The summed E-state index contributed by atoms with van der Waals surface area (Å²) in [6.07, 6.45) is 0. The molecule has 2 aromatic carbocycles. The fraction of sp³-hybridized carbons (Fsp3) is 0.133. The second kappa shape index (κ2) is 5.93. The summed E-state index contributed by atoms with van der Waals surface area (Å²) in [6, 6.07) is 10.0. The molecule has 0 heterocycles. The Hall–Kier alpha value is -2.40. The average Bonchev–Trinajstić information content (AvgIpc) is 2.43. The summed E-state index contributed by atoms with van der Waals surface area (Å²) in [5.74, 6) is -0.433. The van der Waals surface area contributed by atoms with Gasteiger partial charge in [0, 0.05) is 22.4 Å². The number of hydrogen-bond donors (Lipinski definition) is 1. The first-order chi connectivity index (χ1) is 9.88. The number of aryl methyl sites for hydroxylation is 1. The number of phenolic OH excluding ortho intramolecular Hbond substituents is 1. The highest BCUT2D eigenvalue weighted by atomic mass is 35.5. The SMILES string of the molecule is CC(=Nc1ccc(C)cc1)c1cc(Cl)cc([N+](=O)[O-])c1O. The Bertz CT molecular complexity index is 724. The van der Waals surface area contributed by atoms with Crippen LogP contribution in [0.25, 0.3) is 0 Å². The van der Waals surface area contributed by atoms with Gasteiger partial charge in [0.15, 0.2) is 0 Å². The van der Waals surface area contributed by atoms with Gasteiger partial charge in [-0.15, -0.1) is 0 Å². The molecular weight excluding hydrogens is 292 g/mol. The molecule has 0 saturated carbocycles. The van der Waals surface area contributed by atoms with E-state index in [1.54, 1.807) is 6.92 Å². The molecule has 0 fully saturated rings. The molecule has 0 aliphatic carbocycles. The van der Waals surface area contributed by atoms with E-state index in [1.807, 2.05) is 31.2 Å². The summed E-state index contributed by atoms with van der Waals surface area (Å²) >= 11 is 5.86. The van der Waals surface area contributed by atoms with Crippen LogP contribution < -0.4 is 0 Å². The van der Waals surface area contributed by atoms with E-state index in [1.165, 1.54) is 6.07 Å². The molecule has 1 N–H and O–H groups in total. The number of aromatic hydroxyl groups is 1. The number of aliphatic imine (C=N–C) groups is 1. The molecule has 2 rings (SSSR count). The molecule has 108 valence electrons. The van der Waals surface area contributed by atoms with Crippen molar-refractivity contribution in [3.8, 4) is 5.75 Å². The summed E-state index contributed by atoms with van der Waals surface area (Å²) in [5.41, 5.74) is 2.06. The first kappa shape index (κ1) is 15.0. The van der Waals surface area contributed by atoms with Crippen LogP contribution in [0.5, 0.6) is 5.75 Å². The second-order valence-electron chi connectivity index (χ2n) is 4.61. The van der Waals surface area contributed by atoms with Gasteiger partial charge in [0.2, 0.25) is 5.75 Å². The highest BCUT2D eigenvalue weighted by molar-refractivity contribution is 6.31. The summed E-state index contributed by atoms with van der Waals surface area (Å²) in [7, 11) is 0. The van der Waals surface area contributed by atoms with E-state index < -0.39 is 16.4 Å². The topological polar surface area (TPSA) is 75.7 Å². The Kier molecular flexibility index (Phi) is 4.23. The van der Waals surface area contributed by atoms with Crippen molar-refractivity contribution in [2.75, 3.05) is 0 Å². The van der Waals surface area contributed by atoms with Crippen LogP contribution in [0.3, 0.4) is 0 Å². The molecule has 0 aliphatic heterocycles. The number of halogens is 1. The maximum atomic E-state index is 10.9. The second-order valence-corrected chi connectivity index (χ2v) is 5.05. The molecule has 0 saturated heterocycles. The summed E-state index contributed by atoms with van der Waals surface area (Å²) < 4.78 is 0. The molecule has 21 heavy (non-hydrogen) atoms. The number of nitro groups is 1. The van der Waals surface area contributed by atoms with Gasteiger partial charge in [0.05, 0.1) is 10.6 Å². The summed E-state index contributed by atoms with van der Waals surface area (Å²) in [5, 5.41) is 21.1. The number of nitro benzene ring substituents is 1. The minimum Gasteiger partial charge on any atom is -0.502 e. The minimum absolute atomic E-state index is 0.174. The third-order valence-electron chi connectivity index (χ3n) is 2.97. The predicted octanol–water partition coefficient (Wildman–Crippen LogP) is 4.40. The van der Waals surface area contributed by atoms with Crippen LogP contribution in [0.4, 0.5) is 11.4 Å². The van der Waals surface area contributed by atoms with Gasteiger partial charge in [-0.05, 0) is 32.0 Å². The van der Waals surface area contributed by atoms with Gasteiger partial charge in [-0.3, -0.25) is 15.1 Å². The van der Waals surface area contributed by atoms with Crippen LogP contribution in [0.15, 0.2) is 41.4 Å². The molecule has 0 bridgehead atoms. The van der Waals surface area contributed by atoms with Gasteiger partial charge in [-0.2, -0.15) is 0 Å². The molecular formula is C15H13ClN2O3. The van der Waals surface area contributed by atoms with E-state index >= 15 is 0 Å². The van der Waals surface area contributed by atoms with Crippen molar-refractivity contribution >= 4 is 28.7 Å². The molecule has 6 heteroatoms. The number of rotatable bonds is 3. The Morgan fingerprint density at radius 1 is 1.29 bits per heavy atom. The van der Waals surface area contributed by atoms with Crippen LogP contribution in [-0.2, 0) is 0 Å². The fourth-order valence-corrected chi connectivity index (χ4v) is 2.09. The van der Waals surface area contributed by atoms with Crippen molar-refractivity contribution in [3.63, 3.8) is 0 Å². The number of nitrogens with zero attached hydrogens (tertiary/aromatic N) is 2. The molecule has 0 aliphatic rings. The maximum Gasteiger partial charge on any atom is 0.312 e. The predicted molar refractivity (Wildman–Crippen MR) is 82.8 cm³/mol. The van der Waals surface area contributed by atoms with E-state index in [4.69, 9.17) is 11.6 Å². The Balaban J connectivity index is 2.50. The lowest BCUT2D eigenvalue weighted by molar-refractivity contribution is -0.385. The Morgan fingerprint density at radius 3 is 2.48 bits per heavy atom. The Labute approximate surface area is 126 Å². The van der Waals surface area contributed by atoms with Crippen molar-refractivity contribution in [1.29, 1.82) is 0 Å². The highest BCUT2D eigenvalue weighted by Crippen LogP contribution is 2.34. The standard InChI is InChI=1S/C15H13ClN2O3/c1-9-3-5-12(6-4-9)17-10(2)13-7-11(16)8-14(15(13)19)18(20)21/h3-8,19H,1-2H3.